The Labute approximate surface area is 122 Å². The van der Waals surface area contributed by atoms with Gasteiger partial charge in [-0.1, -0.05) is 20.8 Å². The number of nitrogens with one attached hydrogen (secondary N) is 2. The molecule has 0 aliphatic rings. The Morgan fingerprint density at radius 1 is 1.30 bits per heavy atom. The first kappa shape index (κ1) is 17.2. The average Bonchev–Trinajstić information content (AvgIpc) is 2.71. The molecule has 0 aliphatic carbocycles. The molecule has 1 aromatic heterocycles. The van der Waals surface area contributed by atoms with Crippen molar-refractivity contribution in [1.82, 2.24) is 10.0 Å². The lowest BCUT2D eigenvalue weighted by molar-refractivity contribution is 0.457. The molecule has 2 N–H and O–H groups in total. The van der Waals surface area contributed by atoms with Crippen LogP contribution in [0.1, 0.15) is 45.1 Å². The van der Waals surface area contributed by atoms with Crippen molar-refractivity contribution in [2.45, 2.75) is 52.0 Å². The molecule has 0 fully saturated rings. The van der Waals surface area contributed by atoms with Crippen LogP contribution in [0.15, 0.2) is 15.4 Å². The fourth-order valence-corrected chi connectivity index (χ4v) is 3.08. The van der Waals surface area contributed by atoms with E-state index in [0.717, 1.165) is 19.4 Å². The van der Waals surface area contributed by atoms with Crippen molar-refractivity contribution >= 4 is 10.0 Å². The molecule has 0 spiro atoms. The highest BCUT2D eigenvalue weighted by molar-refractivity contribution is 7.89. The molecule has 116 valence electrons. The van der Waals surface area contributed by atoms with E-state index in [4.69, 9.17) is 4.42 Å². The largest absolute Gasteiger partial charge is 0.464 e. The predicted octanol–water partition coefficient (Wildman–Crippen LogP) is 2.41. The second kappa shape index (κ2) is 7.81. The zero-order chi connectivity index (χ0) is 15.2. The highest BCUT2D eigenvalue weighted by Crippen LogP contribution is 2.20. The molecule has 0 amide bonds. The maximum absolute atomic E-state index is 12.2. The van der Waals surface area contributed by atoms with Crippen LogP contribution in [-0.4, -0.2) is 21.5 Å². The fraction of sp³-hybridized carbons (Fsp3) is 0.714. The smallest absolute Gasteiger partial charge is 0.244 e. The highest BCUT2D eigenvalue weighted by atomic mass is 32.2. The van der Waals surface area contributed by atoms with Gasteiger partial charge < -0.3 is 9.73 Å². The van der Waals surface area contributed by atoms with Crippen LogP contribution in [0.2, 0.25) is 0 Å². The van der Waals surface area contributed by atoms with E-state index in [-0.39, 0.29) is 4.90 Å². The number of hydrogen-bond donors (Lipinski definition) is 2. The molecule has 0 radical (unpaired) electrons. The van der Waals surface area contributed by atoms with Crippen LogP contribution in [0.25, 0.3) is 0 Å². The molecule has 5 nitrogen and oxygen atoms in total. The Morgan fingerprint density at radius 3 is 2.60 bits per heavy atom. The first-order valence-electron chi connectivity index (χ1n) is 7.16. The lowest BCUT2D eigenvalue weighted by atomic mass is 10.1. The Morgan fingerprint density at radius 2 is 2.00 bits per heavy atom. The maximum Gasteiger partial charge on any atom is 0.244 e. The van der Waals surface area contributed by atoms with Crippen LogP contribution in [0.5, 0.6) is 0 Å². The van der Waals surface area contributed by atoms with E-state index in [2.05, 4.69) is 30.8 Å². The minimum Gasteiger partial charge on any atom is -0.464 e. The molecule has 1 heterocycles. The lowest BCUT2D eigenvalue weighted by Crippen LogP contribution is -2.25. The molecule has 6 heteroatoms. The van der Waals surface area contributed by atoms with Crippen molar-refractivity contribution in [3.05, 3.63) is 17.6 Å². The third-order valence-corrected chi connectivity index (χ3v) is 4.52. The van der Waals surface area contributed by atoms with Crippen molar-refractivity contribution < 1.29 is 12.8 Å². The van der Waals surface area contributed by atoms with Gasteiger partial charge in [0.25, 0.3) is 0 Å². The fourth-order valence-electron chi connectivity index (χ4n) is 1.83. The Hall–Kier alpha value is -0.850. The van der Waals surface area contributed by atoms with Crippen LogP contribution in [0, 0.1) is 12.8 Å². The summed E-state index contributed by atoms with van der Waals surface area (Å²) in [5.74, 6) is 1.56. The number of sulfonamides is 1. The van der Waals surface area contributed by atoms with Crippen LogP contribution in [0.3, 0.4) is 0 Å². The van der Waals surface area contributed by atoms with Crippen molar-refractivity contribution in [3.8, 4) is 0 Å². The van der Waals surface area contributed by atoms with Gasteiger partial charge in [-0.15, -0.1) is 0 Å². The number of aryl methyl sites for hydroxylation is 1. The minimum absolute atomic E-state index is 0.245. The van der Waals surface area contributed by atoms with Crippen molar-refractivity contribution in [1.29, 1.82) is 0 Å². The van der Waals surface area contributed by atoms with Crippen LogP contribution < -0.4 is 10.0 Å². The van der Waals surface area contributed by atoms with Gasteiger partial charge in [-0.25, -0.2) is 13.1 Å². The van der Waals surface area contributed by atoms with E-state index in [0.29, 0.717) is 30.5 Å². The highest BCUT2D eigenvalue weighted by Gasteiger charge is 2.20. The summed E-state index contributed by atoms with van der Waals surface area (Å²) in [6, 6.07) is 1.61. The number of hydrogen-bond acceptors (Lipinski definition) is 4. The standard InChI is InChI=1S/C14H26N2O3S/c1-5-7-15-10-13-9-14(12(4)19-13)20(17,18)16-8-6-11(2)3/h9,11,15-16H,5-8,10H2,1-4H3. The molecule has 0 bridgehead atoms. The maximum atomic E-state index is 12.2. The second-order valence-electron chi connectivity index (χ2n) is 5.39. The average molecular weight is 302 g/mol. The van der Waals surface area contributed by atoms with Crippen LogP contribution >= 0.6 is 0 Å². The third kappa shape index (κ3) is 5.26. The van der Waals surface area contributed by atoms with Gasteiger partial charge in [0.1, 0.15) is 16.4 Å². The van der Waals surface area contributed by atoms with E-state index < -0.39 is 10.0 Å². The summed E-state index contributed by atoms with van der Waals surface area (Å²) in [5.41, 5.74) is 0. The first-order valence-corrected chi connectivity index (χ1v) is 8.64. The van der Waals surface area contributed by atoms with Crippen molar-refractivity contribution in [2.75, 3.05) is 13.1 Å². The third-order valence-electron chi connectivity index (χ3n) is 2.95. The number of rotatable bonds is 9. The summed E-state index contributed by atoms with van der Waals surface area (Å²) >= 11 is 0. The molecule has 0 saturated carbocycles. The summed E-state index contributed by atoms with van der Waals surface area (Å²) in [7, 11) is -3.47. The van der Waals surface area contributed by atoms with Gasteiger partial charge in [0.2, 0.25) is 10.0 Å². The van der Waals surface area contributed by atoms with Gasteiger partial charge in [0.05, 0.1) is 6.54 Å². The summed E-state index contributed by atoms with van der Waals surface area (Å²) < 4.78 is 32.5. The normalized spacial score (nSPS) is 12.2. The van der Waals surface area contributed by atoms with Crippen LogP contribution in [-0.2, 0) is 16.6 Å². The molecule has 0 aliphatic heterocycles. The molecule has 20 heavy (non-hydrogen) atoms. The molecule has 1 aromatic rings. The second-order valence-corrected chi connectivity index (χ2v) is 7.13. The van der Waals surface area contributed by atoms with E-state index in [1.54, 1.807) is 13.0 Å². The topological polar surface area (TPSA) is 71.3 Å². The van der Waals surface area contributed by atoms with E-state index >= 15 is 0 Å². The molecule has 0 aromatic carbocycles. The molecule has 0 saturated heterocycles. The minimum atomic E-state index is -3.47. The van der Waals surface area contributed by atoms with Gasteiger partial charge in [0.15, 0.2) is 0 Å². The van der Waals surface area contributed by atoms with E-state index in [9.17, 15) is 8.42 Å². The zero-order valence-corrected chi connectivity index (χ0v) is 13.6. The lowest BCUT2D eigenvalue weighted by Gasteiger charge is -2.07. The molecular weight excluding hydrogens is 276 g/mol. The van der Waals surface area contributed by atoms with Crippen molar-refractivity contribution in [2.24, 2.45) is 5.92 Å². The first-order chi connectivity index (χ1) is 9.36. The zero-order valence-electron chi connectivity index (χ0n) is 12.8. The Bertz CT molecular complexity index is 506. The summed E-state index contributed by atoms with van der Waals surface area (Å²) in [5, 5.41) is 3.19. The van der Waals surface area contributed by atoms with Crippen LogP contribution in [0.4, 0.5) is 0 Å². The Kier molecular flexibility index (Phi) is 6.71. The molecular formula is C14H26N2O3S. The molecule has 0 atom stereocenters. The molecule has 1 rings (SSSR count). The van der Waals surface area contributed by atoms with Gasteiger partial charge in [0, 0.05) is 12.6 Å². The monoisotopic (exact) mass is 302 g/mol. The SMILES string of the molecule is CCCNCc1cc(S(=O)(=O)NCCC(C)C)c(C)o1. The quantitative estimate of drug-likeness (QED) is 0.687. The van der Waals surface area contributed by atoms with Gasteiger partial charge in [-0.05, 0) is 32.2 Å². The van der Waals surface area contributed by atoms with Crippen molar-refractivity contribution in [3.63, 3.8) is 0 Å². The van der Waals surface area contributed by atoms with Gasteiger partial charge in [-0.3, -0.25) is 0 Å². The Balaban J connectivity index is 2.69. The van der Waals surface area contributed by atoms with Gasteiger partial charge in [-0.2, -0.15) is 0 Å². The van der Waals surface area contributed by atoms with Gasteiger partial charge >= 0.3 is 0 Å². The summed E-state index contributed by atoms with van der Waals surface area (Å²) in [6.07, 6.45) is 1.85. The number of furan rings is 1. The van der Waals surface area contributed by atoms with E-state index in [1.165, 1.54) is 0 Å². The van der Waals surface area contributed by atoms with E-state index in [1.807, 2.05) is 0 Å². The summed E-state index contributed by atoms with van der Waals surface area (Å²) in [6.45, 7) is 9.78. The molecule has 0 unspecified atom stereocenters. The summed E-state index contributed by atoms with van der Waals surface area (Å²) in [4.78, 5) is 0.245. The predicted molar refractivity (Wildman–Crippen MR) is 80.1 cm³/mol.